The van der Waals surface area contributed by atoms with E-state index >= 15 is 0 Å². The SMILES string of the molecule is CCNc1nc(NCC)n2c(SCC(=O)Nc3ccc(-n4cncn4)nc3)nnc2n1. The highest BCUT2D eigenvalue weighted by Gasteiger charge is 2.16. The zero-order valence-electron chi connectivity index (χ0n) is 16.8. The highest BCUT2D eigenvalue weighted by molar-refractivity contribution is 7.99. The van der Waals surface area contributed by atoms with Crippen molar-refractivity contribution < 1.29 is 4.79 Å². The third-order valence-corrected chi connectivity index (χ3v) is 4.86. The fourth-order valence-electron chi connectivity index (χ4n) is 2.65. The Morgan fingerprint density at radius 2 is 2.00 bits per heavy atom. The van der Waals surface area contributed by atoms with Crippen LogP contribution in [0.4, 0.5) is 17.6 Å². The number of rotatable bonds is 9. The first-order chi connectivity index (χ1) is 15.2. The van der Waals surface area contributed by atoms with Gasteiger partial charge in [0.2, 0.25) is 17.8 Å². The maximum Gasteiger partial charge on any atom is 0.261 e. The number of nitrogens with zero attached hydrogens (tertiary/aromatic N) is 9. The molecule has 4 aromatic heterocycles. The van der Waals surface area contributed by atoms with Gasteiger partial charge in [0.15, 0.2) is 11.0 Å². The van der Waals surface area contributed by atoms with Gasteiger partial charge < -0.3 is 16.0 Å². The quantitative estimate of drug-likeness (QED) is 0.321. The molecule has 0 atom stereocenters. The van der Waals surface area contributed by atoms with Crippen molar-refractivity contribution >= 4 is 41.0 Å². The van der Waals surface area contributed by atoms with Gasteiger partial charge in [-0.3, -0.25) is 4.79 Å². The van der Waals surface area contributed by atoms with Gasteiger partial charge in [-0.25, -0.2) is 19.1 Å². The summed E-state index contributed by atoms with van der Waals surface area (Å²) in [5.41, 5.74) is 0.576. The van der Waals surface area contributed by atoms with Gasteiger partial charge in [-0.05, 0) is 26.0 Å². The van der Waals surface area contributed by atoms with Crippen LogP contribution in [0.25, 0.3) is 11.6 Å². The Morgan fingerprint density at radius 3 is 2.71 bits per heavy atom. The van der Waals surface area contributed by atoms with Crippen molar-refractivity contribution in [2.24, 2.45) is 0 Å². The lowest BCUT2D eigenvalue weighted by molar-refractivity contribution is -0.113. The largest absolute Gasteiger partial charge is 0.355 e. The molecule has 160 valence electrons. The minimum absolute atomic E-state index is 0.131. The van der Waals surface area contributed by atoms with Gasteiger partial charge in [-0.15, -0.1) is 10.2 Å². The average Bonchev–Trinajstić information content (AvgIpc) is 3.44. The lowest BCUT2D eigenvalue weighted by atomic mass is 10.4. The number of fused-ring (bicyclic) bond motifs is 1. The second-order valence-corrected chi connectivity index (χ2v) is 7.07. The number of hydrogen-bond acceptors (Lipinski definition) is 11. The van der Waals surface area contributed by atoms with E-state index in [0.29, 0.717) is 47.4 Å². The van der Waals surface area contributed by atoms with Crippen LogP contribution in [0, 0.1) is 0 Å². The Balaban J connectivity index is 1.43. The lowest BCUT2D eigenvalue weighted by Gasteiger charge is -2.09. The van der Waals surface area contributed by atoms with Crippen molar-refractivity contribution in [3.8, 4) is 5.82 Å². The molecule has 0 aliphatic rings. The van der Waals surface area contributed by atoms with Gasteiger partial charge >= 0.3 is 0 Å². The molecule has 0 saturated carbocycles. The maximum absolute atomic E-state index is 12.4. The number of aromatic nitrogens is 9. The molecule has 0 saturated heterocycles. The molecule has 0 spiro atoms. The monoisotopic (exact) mass is 440 g/mol. The Kier molecular flexibility index (Phi) is 6.16. The first-order valence-corrected chi connectivity index (χ1v) is 10.5. The number of thioether (sulfide) groups is 1. The van der Waals surface area contributed by atoms with E-state index in [4.69, 9.17) is 0 Å². The van der Waals surface area contributed by atoms with Crippen LogP contribution in [0.15, 0.2) is 36.1 Å². The van der Waals surface area contributed by atoms with Crippen LogP contribution < -0.4 is 16.0 Å². The predicted molar refractivity (Wildman–Crippen MR) is 115 cm³/mol. The summed E-state index contributed by atoms with van der Waals surface area (Å²) in [6.45, 7) is 5.28. The van der Waals surface area contributed by atoms with Crippen LogP contribution in [0.5, 0.6) is 0 Å². The summed E-state index contributed by atoms with van der Waals surface area (Å²) < 4.78 is 3.22. The van der Waals surface area contributed by atoms with E-state index in [1.165, 1.54) is 22.8 Å². The Hall–Kier alpha value is -3.81. The molecule has 31 heavy (non-hydrogen) atoms. The zero-order chi connectivity index (χ0) is 21.6. The minimum Gasteiger partial charge on any atom is -0.355 e. The molecule has 4 aromatic rings. The third-order valence-electron chi connectivity index (χ3n) is 3.93. The smallest absolute Gasteiger partial charge is 0.261 e. The van der Waals surface area contributed by atoms with Crippen molar-refractivity contribution in [2.75, 3.05) is 34.8 Å². The molecule has 1 amide bonds. The van der Waals surface area contributed by atoms with E-state index in [0.717, 1.165) is 0 Å². The third kappa shape index (κ3) is 4.69. The predicted octanol–water partition coefficient (Wildman–Crippen LogP) is 1.09. The molecule has 13 nitrogen and oxygen atoms in total. The van der Waals surface area contributed by atoms with Crippen molar-refractivity contribution in [2.45, 2.75) is 19.0 Å². The van der Waals surface area contributed by atoms with Gasteiger partial charge in [0.05, 0.1) is 17.6 Å². The van der Waals surface area contributed by atoms with E-state index in [1.807, 2.05) is 13.8 Å². The van der Waals surface area contributed by atoms with Crippen molar-refractivity contribution in [3.63, 3.8) is 0 Å². The molecule has 3 N–H and O–H groups in total. The fraction of sp³-hybridized carbons (Fsp3) is 0.294. The van der Waals surface area contributed by atoms with Crippen LogP contribution in [0.1, 0.15) is 13.8 Å². The molecule has 0 bridgehead atoms. The molecule has 0 aliphatic carbocycles. The van der Waals surface area contributed by atoms with Crippen LogP contribution in [-0.4, -0.2) is 69.1 Å². The molecule has 0 aromatic carbocycles. The Bertz CT molecular complexity index is 1160. The Morgan fingerprint density at radius 1 is 1.13 bits per heavy atom. The number of carbonyl (C=O) groups is 1. The van der Waals surface area contributed by atoms with Gasteiger partial charge in [0.25, 0.3) is 5.78 Å². The normalized spacial score (nSPS) is 10.9. The van der Waals surface area contributed by atoms with Crippen LogP contribution >= 0.6 is 11.8 Å². The van der Waals surface area contributed by atoms with Gasteiger partial charge in [0, 0.05) is 13.1 Å². The van der Waals surface area contributed by atoms with Gasteiger partial charge in [0.1, 0.15) is 12.7 Å². The number of anilines is 3. The second-order valence-electron chi connectivity index (χ2n) is 6.13. The van der Waals surface area contributed by atoms with E-state index in [-0.39, 0.29) is 11.7 Å². The van der Waals surface area contributed by atoms with Crippen LogP contribution in [-0.2, 0) is 4.79 Å². The maximum atomic E-state index is 12.4. The van der Waals surface area contributed by atoms with E-state index < -0.39 is 0 Å². The number of amides is 1. The van der Waals surface area contributed by atoms with Crippen molar-refractivity contribution in [1.29, 1.82) is 0 Å². The van der Waals surface area contributed by atoms with Crippen LogP contribution in [0.2, 0.25) is 0 Å². The number of nitrogens with one attached hydrogen (secondary N) is 3. The minimum atomic E-state index is -0.202. The Labute approximate surface area is 181 Å². The topological polar surface area (TPSA) is 153 Å². The van der Waals surface area contributed by atoms with Gasteiger partial charge in [-0.1, -0.05) is 11.8 Å². The van der Waals surface area contributed by atoms with E-state index in [9.17, 15) is 4.79 Å². The number of hydrogen-bond donors (Lipinski definition) is 3. The van der Waals surface area contributed by atoms with Crippen LogP contribution in [0.3, 0.4) is 0 Å². The summed E-state index contributed by atoms with van der Waals surface area (Å²) in [5.74, 6) is 1.96. The highest BCUT2D eigenvalue weighted by Crippen LogP contribution is 2.21. The molecule has 0 fully saturated rings. The standard InChI is InChI=1S/C17H20N12OS/c1-3-19-14-24-15(20-4-2)29-16(25-14)26-27-17(29)31-8-13(30)23-11-5-6-12(21-7-11)28-10-18-9-22-28/h5-7,9-10H,3-4,8H2,1-2H3,(H,23,30)(H2,19,20,24,25,26). The molecular formula is C17H20N12OS. The summed E-state index contributed by atoms with van der Waals surface area (Å²) in [6.07, 6.45) is 4.54. The first-order valence-electron chi connectivity index (χ1n) is 9.52. The fourth-order valence-corrected chi connectivity index (χ4v) is 3.37. The summed E-state index contributed by atoms with van der Waals surface area (Å²) in [7, 11) is 0. The summed E-state index contributed by atoms with van der Waals surface area (Å²) in [6, 6.07) is 3.49. The molecule has 4 heterocycles. The molecule has 0 unspecified atom stereocenters. The number of carbonyl (C=O) groups excluding carboxylic acids is 1. The molecule has 14 heteroatoms. The van der Waals surface area contributed by atoms with E-state index in [2.05, 4.69) is 51.2 Å². The first kappa shape index (κ1) is 20.5. The highest BCUT2D eigenvalue weighted by atomic mass is 32.2. The second kappa shape index (κ2) is 9.34. The molecule has 0 radical (unpaired) electrons. The van der Waals surface area contributed by atoms with Gasteiger partial charge in [-0.2, -0.15) is 15.1 Å². The zero-order valence-corrected chi connectivity index (χ0v) is 17.7. The molecular weight excluding hydrogens is 420 g/mol. The summed E-state index contributed by atoms with van der Waals surface area (Å²) in [5, 5.41) is 21.8. The molecule has 0 aliphatic heterocycles. The summed E-state index contributed by atoms with van der Waals surface area (Å²) >= 11 is 1.24. The average molecular weight is 440 g/mol. The number of pyridine rings is 1. The molecule has 4 rings (SSSR count). The van der Waals surface area contributed by atoms with Crippen molar-refractivity contribution in [1.82, 2.24) is 44.3 Å². The van der Waals surface area contributed by atoms with E-state index in [1.54, 1.807) is 29.1 Å². The summed E-state index contributed by atoms with van der Waals surface area (Å²) in [4.78, 5) is 29.3. The lowest BCUT2D eigenvalue weighted by Crippen LogP contribution is -2.15. The van der Waals surface area contributed by atoms with Crippen molar-refractivity contribution in [3.05, 3.63) is 31.0 Å².